The zero-order chi connectivity index (χ0) is 18.3. The summed E-state index contributed by atoms with van der Waals surface area (Å²) in [6.45, 7) is 0. The first-order chi connectivity index (χ1) is 12.5. The monoisotopic (exact) mass is 370 g/mol. The number of imidazole rings is 1. The van der Waals surface area contributed by atoms with E-state index < -0.39 is 5.91 Å². The number of halogens is 2. The standard InChI is InChI=1S/C17H12ClFN6O/c1-24-9-12(18)14(23-24)16(26)22-15-13(10-3-5-11(19)6-4-10)21-17-20-7-2-8-25(15)17/h2-9H,1H3,(H,22,26). The normalized spacial score (nSPS) is 11.0. The Labute approximate surface area is 152 Å². The third-order valence-corrected chi connectivity index (χ3v) is 4.03. The molecule has 3 heterocycles. The minimum atomic E-state index is -0.482. The molecule has 0 fully saturated rings. The van der Waals surface area contributed by atoms with E-state index in [1.165, 1.54) is 23.0 Å². The van der Waals surface area contributed by atoms with Crippen molar-refractivity contribution in [2.24, 2.45) is 7.05 Å². The summed E-state index contributed by atoms with van der Waals surface area (Å²) < 4.78 is 16.3. The molecule has 1 aromatic carbocycles. The van der Waals surface area contributed by atoms with E-state index in [9.17, 15) is 9.18 Å². The molecule has 0 aliphatic rings. The zero-order valence-electron chi connectivity index (χ0n) is 13.5. The van der Waals surface area contributed by atoms with Crippen molar-refractivity contribution in [3.63, 3.8) is 0 Å². The Morgan fingerprint density at radius 1 is 1.27 bits per heavy atom. The van der Waals surface area contributed by atoms with Gasteiger partial charge in [-0.15, -0.1) is 0 Å². The van der Waals surface area contributed by atoms with Crippen LogP contribution in [0.15, 0.2) is 48.9 Å². The Bertz CT molecular complexity index is 1120. The highest BCUT2D eigenvalue weighted by Crippen LogP contribution is 2.29. The molecule has 7 nitrogen and oxygen atoms in total. The van der Waals surface area contributed by atoms with Crippen molar-refractivity contribution in [3.05, 3.63) is 65.5 Å². The lowest BCUT2D eigenvalue weighted by Crippen LogP contribution is -2.15. The molecule has 0 unspecified atom stereocenters. The highest BCUT2D eigenvalue weighted by molar-refractivity contribution is 6.34. The summed E-state index contributed by atoms with van der Waals surface area (Å²) in [5, 5.41) is 7.08. The van der Waals surface area contributed by atoms with Gasteiger partial charge in [0.05, 0.1) is 5.02 Å². The Morgan fingerprint density at radius 3 is 2.73 bits per heavy atom. The number of anilines is 1. The van der Waals surface area contributed by atoms with Crippen LogP contribution >= 0.6 is 11.6 Å². The average molecular weight is 371 g/mol. The van der Waals surface area contributed by atoms with Crippen molar-refractivity contribution in [2.45, 2.75) is 0 Å². The predicted octanol–water partition coefficient (Wildman–Crippen LogP) is 3.17. The maximum Gasteiger partial charge on any atom is 0.278 e. The lowest BCUT2D eigenvalue weighted by molar-refractivity contribution is 0.102. The van der Waals surface area contributed by atoms with Crippen LogP contribution in [0.4, 0.5) is 10.2 Å². The summed E-state index contributed by atoms with van der Waals surface area (Å²) >= 11 is 6.05. The van der Waals surface area contributed by atoms with Crippen LogP contribution in [0.5, 0.6) is 0 Å². The quantitative estimate of drug-likeness (QED) is 0.601. The molecule has 26 heavy (non-hydrogen) atoms. The number of nitrogens with zero attached hydrogens (tertiary/aromatic N) is 5. The molecule has 130 valence electrons. The number of fused-ring (bicyclic) bond motifs is 1. The molecule has 0 saturated carbocycles. The van der Waals surface area contributed by atoms with E-state index in [0.29, 0.717) is 22.9 Å². The van der Waals surface area contributed by atoms with Crippen LogP contribution < -0.4 is 5.32 Å². The van der Waals surface area contributed by atoms with Gasteiger partial charge in [-0.3, -0.25) is 13.9 Å². The van der Waals surface area contributed by atoms with Crippen LogP contribution in [0, 0.1) is 5.82 Å². The van der Waals surface area contributed by atoms with Crippen molar-refractivity contribution in [1.82, 2.24) is 24.1 Å². The number of carbonyl (C=O) groups is 1. The number of hydrogen-bond acceptors (Lipinski definition) is 4. The SMILES string of the molecule is Cn1cc(Cl)c(C(=O)Nc2c(-c3ccc(F)cc3)nc3ncccn23)n1. The second-order valence-corrected chi connectivity index (χ2v) is 5.97. The van der Waals surface area contributed by atoms with Gasteiger partial charge in [0.2, 0.25) is 5.78 Å². The molecule has 4 rings (SSSR count). The lowest BCUT2D eigenvalue weighted by atomic mass is 10.1. The fourth-order valence-corrected chi connectivity index (χ4v) is 2.86. The number of carbonyl (C=O) groups excluding carboxylic acids is 1. The highest BCUT2D eigenvalue weighted by Gasteiger charge is 2.21. The van der Waals surface area contributed by atoms with E-state index in [1.807, 2.05) is 0 Å². The minimum Gasteiger partial charge on any atom is -0.304 e. The third kappa shape index (κ3) is 2.80. The second kappa shape index (κ2) is 6.23. The van der Waals surface area contributed by atoms with Gasteiger partial charge in [0.1, 0.15) is 17.3 Å². The molecule has 0 aliphatic carbocycles. The maximum atomic E-state index is 13.3. The van der Waals surface area contributed by atoms with Crippen molar-refractivity contribution < 1.29 is 9.18 Å². The van der Waals surface area contributed by atoms with Gasteiger partial charge in [-0.25, -0.2) is 14.4 Å². The minimum absolute atomic E-state index is 0.0954. The fraction of sp³-hybridized carbons (Fsp3) is 0.0588. The fourth-order valence-electron chi connectivity index (χ4n) is 2.60. The molecular formula is C17H12ClFN6O. The Hall–Kier alpha value is -3.26. The summed E-state index contributed by atoms with van der Waals surface area (Å²) in [6, 6.07) is 7.54. The number of aryl methyl sites for hydroxylation is 1. The Morgan fingerprint density at radius 2 is 2.04 bits per heavy atom. The number of aromatic nitrogens is 5. The van der Waals surface area contributed by atoms with E-state index in [-0.39, 0.29) is 16.5 Å². The number of hydrogen-bond donors (Lipinski definition) is 1. The molecule has 9 heteroatoms. The van der Waals surface area contributed by atoms with E-state index in [2.05, 4.69) is 20.4 Å². The van der Waals surface area contributed by atoms with Gasteiger partial charge in [-0.05, 0) is 30.3 Å². The molecule has 0 radical (unpaired) electrons. The molecule has 0 bridgehead atoms. The van der Waals surface area contributed by atoms with Gasteiger partial charge in [0.15, 0.2) is 5.69 Å². The summed E-state index contributed by atoms with van der Waals surface area (Å²) in [5.74, 6) is -0.0493. The van der Waals surface area contributed by atoms with Crippen LogP contribution in [0.25, 0.3) is 17.0 Å². The first-order valence-electron chi connectivity index (χ1n) is 7.62. The summed E-state index contributed by atoms with van der Waals surface area (Å²) in [6.07, 6.45) is 4.85. The van der Waals surface area contributed by atoms with Crippen LogP contribution in [-0.2, 0) is 7.05 Å². The average Bonchev–Trinajstić information content (AvgIpc) is 3.15. The van der Waals surface area contributed by atoms with Crippen LogP contribution in [0.2, 0.25) is 5.02 Å². The summed E-state index contributed by atoms with van der Waals surface area (Å²) in [4.78, 5) is 21.3. The molecule has 0 saturated heterocycles. The summed E-state index contributed by atoms with van der Waals surface area (Å²) in [5.41, 5.74) is 1.20. The smallest absolute Gasteiger partial charge is 0.278 e. The van der Waals surface area contributed by atoms with Crippen molar-refractivity contribution in [1.29, 1.82) is 0 Å². The van der Waals surface area contributed by atoms with Gasteiger partial charge in [0.25, 0.3) is 5.91 Å². The van der Waals surface area contributed by atoms with E-state index in [0.717, 1.165) is 0 Å². The van der Waals surface area contributed by atoms with E-state index >= 15 is 0 Å². The molecule has 1 N–H and O–H groups in total. The second-order valence-electron chi connectivity index (χ2n) is 5.56. The van der Waals surface area contributed by atoms with Gasteiger partial charge in [0, 0.05) is 31.2 Å². The van der Waals surface area contributed by atoms with Crippen LogP contribution in [-0.4, -0.2) is 30.1 Å². The molecule has 1 amide bonds. The van der Waals surface area contributed by atoms with Crippen molar-refractivity contribution in [2.75, 3.05) is 5.32 Å². The number of nitrogens with one attached hydrogen (secondary N) is 1. The van der Waals surface area contributed by atoms with Crippen molar-refractivity contribution in [3.8, 4) is 11.3 Å². The van der Waals surface area contributed by atoms with Gasteiger partial charge in [-0.2, -0.15) is 5.10 Å². The van der Waals surface area contributed by atoms with Gasteiger partial charge in [-0.1, -0.05) is 11.6 Å². The first-order valence-corrected chi connectivity index (χ1v) is 8.00. The van der Waals surface area contributed by atoms with Gasteiger partial charge < -0.3 is 5.32 Å². The lowest BCUT2D eigenvalue weighted by Gasteiger charge is -2.06. The van der Waals surface area contributed by atoms with Gasteiger partial charge >= 0.3 is 0 Å². The summed E-state index contributed by atoms with van der Waals surface area (Å²) in [7, 11) is 1.67. The predicted molar refractivity (Wildman–Crippen MR) is 94.6 cm³/mol. The van der Waals surface area contributed by atoms with E-state index in [1.54, 1.807) is 42.0 Å². The highest BCUT2D eigenvalue weighted by atomic mass is 35.5. The van der Waals surface area contributed by atoms with Crippen LogP contribution in [0.1, 0.15) is 10.5 Å². The number of rotatable bonds is 3. The van der Waals surface area contributed by atoms with Crippen LogP contribution in [0.3, 0.4) is 0 Å². The molecule has 4 aromatic rings. The topological polar surface area (TPSA) is 77.1 Å². The number of amides is 1. The first kappa shape index (κ1) is 16.2. The molecular weight excluding hydrogens is 359 g/mol. The maximum absolute atomic E-state index is 13.3. The molecule has 0 atom stereocenters. The van der Waals surface area contributed by atoms with Crippen molar-refractivity contribution >= 4 is 29.1 Å². The van der Waals surface area contributed by atoms with E-state index in [4.69, 9.17) is 11.6 Å². The zero-order valence-corrected chi connectivity index (χ0v) is 14.3. The Balaban J connectivity index is 1.82. The molecule has 3 aromatic heterocycles. The molecule has 0 aliphatic heterocycles. The third-order valence-electron chi connectivity index (χ3n) is 3.75. The number of benzene rings is 1. The Kier molecular flexibility index (Phi) is 3.89. The molecule has 0 spiro atoms. The largest absolute Gasteiger partial charge is 0.304 e.